The van der Waals surface area contributed by atoms with Gasteiger partial charge in [-0.25, -0.2) is 13.1 Å². The van der Waals surface area contributed by atoms with E-state index in [0.717, 1.165) is 19.3 Å². The van der Waals surface area contributed by atoms with E-state index < -0.39 is 16.1 Å². The third-order valence-corrected chi connectivity index (χ3v) is 5.54. The highest BCUT2D eigenvalue weighted by molar-refractivity contribution is 7.89. The van der Waals surface area contributed by atoms with Crippen molar-refractivity contribution < 1.29 is 13.5 Å². The Morgan fingerprint density at radius 3 is 2.58 bits per heavy atom. The Morgan fingerprint density at radius 2 is 2.11 bits per heavy atom. The van der Waals surface area contributed by atoms with Crippen molar-refractivity contribution in [2.45, 2.75) is 44.1 Å². The monoisotopic (exact) mass is 287 g/mol. The van der Waals surface area contributed by atoms with Crippen LogP contribution in [-0.4, -0.2) is 36.0 Å². The molecule has 108 valence electrons. The normalized spacial score (nSPS) is 24.0. The van der Waals surface area contributed by atoms with E-state index in [1.54, 1.807) is 25.6 Å². The van der Waals surface area contributed by atoms with Gasteiger partial charge in [-0.05, 0) is 32.6 Å². The molecule has 1 fully saturated rings. The van der Waals surface area contributed by atoms with Gasteiger partial charge in [-0.15, -0.1) is 0 Å². The summed E-state index contributed by atoms with van der Waals surface area (Å²) in [5.74, 6) is 0.0204. The molecule has 7 heteroatoms. The van der Waals surface area contributed by atoms with Crippen LogP contribution in [0.5, 0.6) is 0 Å². The highest BCUT2D eigenvalue weighted by Crippen LogP contribution is 2.25. The summed E-state index contributed by atoms with van der Waals surface area (Å²) in [6, 6.07) is 0. The molecule has 0 radical (unpaired) electrons. The van der Waals surface area contributed by atoms with Crippen LogP contribution in [0.25, 0.3) is 0 Å². The van der Waals surface area contributed by atoms with Crippen LogP contribution < -0.4 is 4.72 Å². The smallest absolute Gasteiger partial charge is 0.244 e. The first-order chi connectivity index (χ1) is 8.83. The number of hydrogen-bond acceptors (Lipinski definition) is 4. The summed E-state index contributed by atoms with van der Waals surface area (Å²) < 4.78 is 28.8. The van der Waals surface area contributed by atoms with Gasteiger partial charge in [0.2, 0.25) is 10.0 Å². The average molecular weight is 287 g/mol. The first-order valence-corrected chi connectivity index (χ1v) is 7.99. The van der Waals surface area contributed by atoms with E-state index >= 15 is 0 Å². The highest BCUT2D eigenvalue weighted by atomic mass is 32.2. The number of sulfonamides is 1. The van der Waals surface area contributed by atoms with E-state index in [9.17, 15) is 13.5 Å². The molecule has 19 heavy (non-hydrogen) atoms. The molecule has 1 saturated carbocycles. The van der Waals surface area contributed by atoms with Crippen LogP contribution in [-0.2, 0) is 17.1 Å². The molecule has 6 nitrogen and oxygen atoms in total. The molecule has 1 aromatic rings. The molecule has 2 atom stereocenters. The number of rotatable bonds is 4. The van der Waals surface area contributed by atoms with Gasteiger partial charge >= 0.3 is 0 Å². The molecule has 0 amide bonds. The quantitative estimate of drug-likeness (QED) is 0.843. The second-order valence-electron chi connectivity index (χ2n) is 5.23. The highest BCUT2D eigenvalue weighted by Gasteiger charge is 2.29. The van der Waals surface area contributed by atoms with E-state index in [0.29, 0.717) is 11.4 Å². The predicted octanol–water partition coefficient (Wildman–Crippen LogP) is 0.476. The molecule has 2 rings (SSSR count). The second-order valence-corrected chi connectivity index (χ2v) is 6.94. The Kier molecular flexibility index (Phi) is 3.98. The summed E-state index contributed by atoms with van der Waals surface area (Å²) >= 11 is 0. The summed E-state index contributed by atoms with van der Waals surface area (Å²) in [5, 5.41) is 13.8. The summed E-state index contributed by atoms with van der Waals surface area (Å²) in [6.45, 7) is 3.71. The van der Waals surface area contributed by atoms with Crippen LogP contribution in [0, 0.1) is 19.8 Å². The number of nitrogens with one attached hydrogen (secondary N) is 1. The van der Waals surface area contributed by atoms with Crippen molar-refractivity contribution in [2.24, 2.45) is 13.0 Å². The third-order valence-electron chi connectivity index (χ3n) is 3.87. The molecule has 0 aromatic carbocycles. The molecule has 0 spiro atoms. The second kappa shape index (κ2) is 5.22. The first-order valence-electron chi connectivity index (χ1n) is 6.51. The minimum absolute atomic E-state index is 0.0204. The predicted molar refractivity (Wildman–Crippen MR) is 71.2 cm³/mol. The van der Waals surface area contributed by atoms with Gasteiger partial charge in [0, 0.05) is 13.6 Å². The number of aromatic nitrogens is 2. The van der Waals surface area contributed by atoms with Gasteiger partial charge in [-0.2, -0.15) is 5.10 Å². The van der Waals surface area contributed by atoms with Gasteiger partial charge < -0.3 is 5.11 Å². The lowest BCUT2D eigenvalue weighted by molar-refractivity contribution is 0.134. The van der Waals surface area contributed by atoms with Crippen molar-refractivity contribution in [1.29, 1.82) is 0 Å². The van der Waals surface area contributed by atoms with Crippen molar-refractivity contribution in [1.82, 2.24) is 14.5 Å². The molecular formula is C12H21N3O3S. The Bertz CT molecular complexity index is 565. The zero-order chi connectivity index (χ0) is 14.2. The summed E-state index contributed by atoms with van der Waals surface area (Å²) in [4.78, 5) is 0.252. The lowest BCUT2D eigenvalue weighted by Gasteiger charge is -2.15. The SMILES string of the molecule is Cc1nn(C)c(C)c1S(=O)(=O)NCC1CCCC1O. The van der Waals surface area contributed by atoms with Crippen LogP contribution in [0.1, 0.15) is 30.7 Å². The van der Waals surface area contributed by atoms with E-state index in [1.165, 1.54) is 0 Å². The number of aliphatic hydroxyl groups is 1. The molecule has 0 bridgehead atoms. The molecule has 0 aliphatic heterocycles. The van der Waals surface area contributed by atoms with E-state index in [1.807, 2.05) is 0 Å². The maximum Gasteiger partial charge on any atom is 0.244 e. The van der Waals surface area contributed by atoms with E-state index in [2.05, 4.69) is 9.82 Å². The Morgan fingerprint density at radius 1 is 1.42 bits per heavy atom. The van der Waals surface area contributed by atoms with Crippen molar-refractivity contribution in [2.75, 3.05) is 6.54 Å². The minimum Gasteiger partial charge on any atom is -0.393 e. The first kappa shape index (κ1) is 14.5. The summed E-state index contributed by atoms with van der Waals surface area (Å²) in [6.07, 6.45) is 2.20. The van der Waals surface area contributed by atoms with Gasteiger partial charge in [-0.1, -0.05) is 6.42 Å². The zero-order valence-corrected chi connectivity index (χ0v) is 12.4. The lowest BCUT2D eigenvalue weighted by Crippen LogP contribution is -2.33. The maximum atomic E-state index is 12.3. The fourth-order valence-corrected chi connectivity index (χ4v) is 4.22. The standard InChI is InChI=1S/C12H21N3O3S/c1-8-12(9(2)15(3)14-8)19(17,18)13-7-10-5-4-6-11(10)16/h10-11,13,16H,4-7H2,1-3H3. The molecular weight excluding hydrogens is 266 g/mol. The van der Waals surface area contributed by atoms with Crippen molar-refractivity contribution in [3.63, 3.8) is 0 Å². The van der Waals surface area contributed by atoms with Crippen LogP contribution in [0.4, 0.5) is 0 Å². The van der Waals surface area contributed by atoms with E-state index in [-0.39, 0.29) is 17.4 Å². The third kappa shape index (κ3) is 2.82. The molecule has 1 aliphatic carbocycles. The minimum atomic E-state index is -3.56. The molecule has 1 heterocycles. The van der Waals surface area contributed by atoms with Gasteiger partial charge in [-0.3, -0.25) is 4.68 Å². The zero-order valence-electron chi connectivity index (χ0n) is 11.5. The summed E-state index contributed by atoms with van der Waals surface area (Å²) in [7, 11) is -1.83. The van der Waals surface area contributed by atoms with Crippen molar-refractivity contribution in [3.05, 3.63) is 11.4 Å². The fraction of sp³-hybridized carbons (Fsp3) is 0.750. The van der Waals surface area contributed by atoms with Crippen LogP contribution in [0.2, 0.25) is 0 Å². The van der Waals surface area contributed by atoms with Gasteiger partial charge in [0.1, 0.15) is 4.90 Å². The van der Waals surface area contributed by atoms with E-state index in [4.69, 9.17) is 0 Å². The van der Waals surface area contributed by atoms with Crippen molar-refractivity contribution >= 4 is 10.0 Å². The molecule has 0 saturated heterocycles. The van der Waals surface area contributed by atoms with Gasteiger partial charge in [0.15, 0.2) is 0 Å². The summed E-state index contributed by atoms with van der Waals surface area (Å²) in [5.41, 5.74) is 1.12. The number of aryl methyl sites for hydroxylation is 2. The van der Waals surface area contributed by atoms with Crippen molar-refractivity contribution in [3.8, 4) is 0 Å². The largest absolute Gasteiger partial charge is 0.393 e. The lowest BCUT2D eigenvalue weighted by atomic mass is 10.1. The van der Waals surface area contributed by atoms with Crippen LogP contribution >= 0.6 is 0 Å². The Labute approximate surface area is 113 Å². The van der Waals surface area contributed by atoms with Gasteiger partial charge in [0.25, 0.3) is 0 Å². The molecule has 2 N–H and O–H groups in total. The van der Waals surface area contributed by atoms with Crippen LogP contribution in [0.3, 0.4) is 0 Å². The Balaban J connectivity index is 2.14. The molecule has 2 unspecified atom stereocenters. The van der Waals surface area contributed by atoms with Crippen LogP contribution in [0.15, 0.2) is 4.90 Å². The topological polar surface area (TPSA) is 84.2 Å². The van der Waals surface area contributed by atoms with Gasteiger partial charge in [0.05, 0.1) is 17.5 Å². The molecule has 1 aliphatic rings. The Hall–Kier alpha value is -0.920. The number of hydrogen-bond donors (Lipinski definition) is 2. The maximum absolute atomic E-state index is 12.3. The number of aliphatic hydroxyl groups excluding tert-OH is 1. The fourth-order valence-electron chi connectivity index (χ4n) is 2.69. The average Bonchev–Trinajstić information content (AvgIpc) is 2.82. The number of nitrogens with zero attached hydrogens (tertiary/aromatic N) is 2. The molecule has 1 aromatic heterocycles.